The number of nitrogens with zero attached hydrogens (tertiary/aromatic N) is 1. The van der Waals surface area contributed by atoms with Crippen molar-refractivity contribution < 1.29 is 14.3 Å². The molecule has 0 unspecified atom stereocenters. The van der Waals surface area contributed by atoms with Gasteiger partial charge in [0.2, 0.25) is 0 Å². The molecule has 0 bridgehead atoms. The summed E-state index contributed by atoms with van der Waals surface area (Å²) in [6, 6.07) is 15.8. The number of aromatic nitrogens is 2. The number of nitrogens with one attached hydrogen (secondary N) is 3. The Labute approximate surface area is 183 Å². The molecule has 7 nitrogen and oxygen atoms in total. The van der Waals surface area contributed by atoms with Gasteiger partial charge in [-0.1, -0.05) is 35.9 Å². The Bertz CT molecular complexity index is 1270. The van der Waals surface area contributed by atoms with Gasteiger partial charge >= 0.3 is 0 Å². The first-order chi connectivity index (χ1) is 15.0. The number of hydrogen-bond donors (Lipinski definition) is 3. The number of benzene rings is 2. The monoisotopic (exact) mass is 434 g/mol. The van der Waals surface area contributed by atoms with Crippen LogP contribution in [0.4, 0.5) is 5.69 Å². The Balaban J connectivity index is 1.52. The fourth-order valence-corrected chi connectivity index (χ4v) is 3.40. The average Bonchev–Trinajstić information content (AvgIpc) is 3.21. The fraction of sp³-hybridized carbons (Fsp3) is 0.0870. The zero-order chi connectivity index (χ0) is 21.8. The molecule has 0 spiro atoms. The van der Waals surface area contributed by atoms with E-state index in [1.54, 1.807) is 43.6 Å². The summed E-state index contributed by atoms with van der Waals surface area (Å²) in [5, 5.41) is 6.75. The van der Waals surface area contributed by atoms with Gasteiger partial charge in [0.25, 0.3) is 11.8 Å². The third kappa shape index (κ3) is 4.51. The smallest absolute Gasteiger partial charge is 0.255 e. The number of pyridine rings is 1. The van der Waals surface area contributed by atoms with Gasteiger partial charge in [0.1, 0.15) is 11.4 Å². The van der Waals surface area contributed by atoms with Crippen LogP contribution in [0.25, 0.3) is 11.0 Å². The lowest BCUT2D eigenvalue weighted by Crippen LogP contribution is -2.22. The lowest BCUT2D eigenvalue weighted by atomic mass is 10.1. The Morgan fingerprint density at radius 1 is 1.10 bits per heavy atom. The maximum Gasteiger partial charge on any atom is 0.255 e. The number of ether oxygens (including phenoxy) is 1. The van der Waals surface area contributed by atoms with Gasteiger partial charge in [-0.25, -0.2) is 4.98 Å². The highest BCUT2D eigenvalue weighted by atomic mass is 35.5. The van der Waals surface area contributed by atoms with E-state index < -0.39 is 0 Å². The molecule has 0 saturated heterocycles. The Morgan fingerprint density at radius 3 is 2.74 bits per heavy atom. The summed E-state index contributed by atoms with van der Waals surface area (Å²) < 4.78 is 5.32. The Hall–Kier alpha value is -3.84. The highest BCUT2D eigenvalue weighted by molar-refractivity contribution is 6.31. The van der Waals surface area contributed by atoms with Gasteiger partial charge in [0, 0.05) is 34.3 Å². The molecule has 0 aliphatic heterocycles. The van der Waals surface area contributed by atoms with Crippen molar-refractivity contribution >= 4 is 40.1 Å². The van der Waals surface area contributed by atoms with E-state index in [9.17, 15) is 9.59 Å². The number of carbonyl (C=O) groups is 2. The molecule has 3 N–H and O–H groups in total. The number of halogens is 1. The van der Waals surface area contributed by atoms with Crippen molar-refractivity contribution in [2.75, 3.05) is 12.4 Å². The van der Waals surface area contributed by atoms with E-state index >= 15 is 0 Å². The van der Waals surface area contributed by atoms with Gasteiger partial charge < -0.3 is 20.4 Å². The number of hydrogen-bond acceptors (Lipinski definition) is 4. The van der Waals surface area contributed by atoms with Crippen LogP contribution in [0.15, 0.2) is 67.0 Å². The van der Waals surface area contributed by atoms with Gasteiger partial charge in [-0.3, -0.25) is 9.59 Å². The van der Waals surface area contributed by atoms with Crippen LogP contribution in [0.1, 0.15) is 26.3 Å². The van der Waals surface area contributed by atoms with Crippen molar-refractivity contribution in [3.63, 3.8) is 0 Å². The second-order valence-electron chi connectivity index (χ2n) is 6.78. The summed E-state index contributed by atoms with van der Waals surface area (Å²) in [7, 11) is 1.59. The summed E-state index contributed by atoms with van der Waals surface area (Å²) in [6.07, 6.45) is 3.12. The molecule has 2 aromatic heterocycles. The minimum Gasteiger partial charge on any atom is -0.496 e. The standard InChI is InChI=1S/C23H19ClN4O3/c1-31-20-8-3-2-5-15(20)11-27-23(30)19-13-26-21-18(19)10-17(12-25-21)28-22(29)14-6-4-7-16(24)9-14/h2-10,12-13H,11H2,1H3,(H,25,26)(H,27,30)(H,28,29). The van der Waals surface area contributed by atoms with E-state index in [-0.39, 0.29) is 11.8 Å². The molecule has 8 heteroatoms. The van der Waals surface area contributed by atoms with Gasteiger partial charge in [-0.2, -0.15) is 0 Å². The van der Waals surface area contributed by atoms with E-state index in [1.807, 2.05) is 24.3 Å². The highest BCUT2D eigenvalue weighted by Crippen LogP contribution is 2.22. The average molecular weight is 435 g/mol. The van der Waals surface area contributed by atoms with E-state index in [1.165, 1.54) is 6.20 Å². The minimum absolute atomic E-state index is 0.266. The number of H-pyrrole nitrogens is 1. The molecule has 31 heavy (non-hydrogen) atoms. The van der Waals surface area contributed by atoms with Crippen molar-refractivity contribution in [2.24, 2.45) is 0 Å². The van der Waals surface area contributed by atoms with Crippen LogP contribution in [0.3, 0.4) is 0 Å². The Kier molecular flexibility index (Phi) is 5.86. The molecule has 2 aromatic carbocycles. The molecule has 2 amide bonds. The summed E-state index contributed by atoms with van der Waals surface area (Å²) in [4.78, 5) is 32.5. The number of carbonyl (C=O) groups excluding carboxylic acids is 2. The molecule has 0 radical (unpaired) electrons. The van der Waals surface area contributed by atoms with E-state index in [2.05, 4.69) is 20.6 Å². The van der Waals surface area contributed by atoms with Crippen molar-refractivity contribution in [1.29, 1.82) is 0 Å². The van der Waals surface area contributed by atoms with Crippen molar-refractivity contribution in [1.82, 2.24) is 15.3 Å². The first kappa shape index (κ1) is 20.4. The number of anilines is 1. The number of rotatable bonds is 6. The first-order valence-corrected chi connectivity index (χ1v) is 9.87. The lowest BCUT2D eigenvalue weighted by Gasteiger charge is -2.09. The normalized spacial score (nSPS) is 10.6. The van der Waals surface area contributed by atoms with Crippen molar-refractivity contribution in [3.05, 3.63) is 88.7 Å². The second-order valence-corrected chi connectivity index (χ2v) is 7.22. The molecular formula is C23H19ClN4O3. The SMILES string of the molecule is COc1ccccc1CNC(=O)c1c[nH]c2ncc(NC(=O)c3cccc(Cl)c3)cc12. The van der Waals surface area contributed by atoms with E-state index in [0.29, 0.717) is 45.2 Å². The molecule has 0 saturated carbocycles. The van der Waals surface area contributed by atoms with Gasteiger partial charge in [-0.15, -0.1) is 0 Å². The molecule has 4 rings (SSSR count). The lowest BCUT2D eigenvalue weighted by molar-refractivity contribution is 0.0951. The quantitative estimate of drug-likeness (QED) is 0.419. The molecule has 4 aromatic rings. The maximum atomic E-state index is 12.8. The summed E-state index contributed by atoms with van der Waals surface area (Å²) in [5.41, 5.74) is 2.73. The molecular weight excluding hydrogens is 416 g/mol. The van der Waals surface area contributed by atoms with Gasteiger partial charge in [-0.05, 0) is 30.3 Å². The van der Waals surface area contributed by atoms with Crippen molar-refractivity contribution in [2.45, 2.75) is 6.54 Å². The predicted molar refractivity (Wildman–Crippen MR) is 120 cm³/mol. The van der Waals surface area contributed by atoms with Gasteiger partial charge in [0.05, 0.1) is 24.6 Å². The number of aromatic amines is 1. The van der Waals surface area contributed by atoms with Crippen molar-refractivity contribution in [3.8, 4) is 5.75 Å². The van der Waals surface area contributed by atoms with Crippen LogP contribution in [-0.2, 0) is 6.54 Å². The second kappa shape index (κ2) is 8.89. The molecule has 2 heterocycles. The molecule has 156 valence electrons. The van der Waals surface area contributed by atoms with Crippen LogP contribution >= 0.6 is 11.6 Å². The summed E-state index contributed by atoms with van der Waals surface area (Å²) in [5.74, 6) is 0.119. The van der Waals surface area contributed by atoms with Crippen LogP contribution in [0, 0.1) is 0 Å². The Morgan fingerprint density at radius 2 is 1.94 bits per heavy atom. The number of methoxy groups -OCH3 is 1. The summed E-state index contributed by atoms with van der Waals surface area (Å²) in [6.45, 7) is 0.314. The van der Waals surface area contributed by atoms with Crippen LogP contribution in [0.5, 0.6) is 5.75 Å². The van der Waals surface area contributed by atoms with E-state index in [0.717, 1.165) is 5.56 Å². The molecule has 0 fully saturated rings. The maximum absolute atomic E-state index is 12.8. The third-order valence-electron chi connectivity index (χ3n) is 4.75. The predicted octanol–water partition coefficient (Wildman–Crippen LogP) is 4.41. The number of fused-ring (bicyclic) bond motifs is 1. The van der Waals surface area contributed by atoms with E-state index in [4.69, 9.17) is 16.3 Å². The van der Waals surface area contributed by atoms with Crippen LogP contribution in [0.2, 0.25) is 5.02 Å². The fourth-order valence-electron chi connectivity index (χ4n) is 3.21. The zero-order valence-electron chi connectivity index (χ0n) is 16.6. The minimum atomic E-state index is -0.318. The number of amides is 2. The third-order valence-corrected chi connectivity index (χ3v) is 4.99. The highest BCUT2D eigenvalue weighted by Gasteiger charge is 2.15. The molecule has 0 aliphatic rings. The molecule has 0 atom stereocenters. The number of para-hydroxylation sites is 1. The largest absolute Gasteiger partial charge is 0.496 e. The summed E-state index contributed by atoms with van der Waals surface area (Å²) >= 11 is 5.96. The topological polar surface area (TPSA) is 96.1 Å². The first-order valence-electron chi connectivity index (χ1n) is 9.49. The van der Waals surface area contributed by atoms with Gasteiger partial charge in [0.15, 0.2) is 0 Å². The zero-order valence-corrected chi connectivity index (χ0v) is 17.4. The van der Waals surface area contributed by atoms with Crippen LogP contribution < -0.4 is 15.4 Å². The molecule has 0 aliphatic carbocycles. The van der Waals surface area contributed by atoms with Crippen LogP contribution in [-0.4, -0.2) is 28.9 Å².